The van der Waals surface area contributed by atoms with E-state index in [2.05, 4.69) is 0 Å². The number of rotatable bonds is 5. The summed E-state index contributed by atoms with van der Waals surface area (Å²) in [5.74, 6) is -5.58. The molecule has 0 fully saturated rings. The molecule has 1 aromatic rings. The number of alkyl halides is 4. The van der Waals surface area contributed by atoms with E-state index >= 15 is 0 Å². The molecule has 0 aliphatic rings. The van der Waals surface area contributed by atoms with Gasteiger partial charge in [-0.1, -0.05) is 30.3 Å². The first-order valence-electron chi connectivity index (χ1n) is 5.33. The second-order valence-corrected chi connectivity index (χ2v) is 3.91. The highest BCUT2D eigenvalue weighted by Gasteiger charge is 2.41. The lowest BCUT2D eigenvalue weighted by molar-refractivity contribution is -0.137. The van der Waals surface area contributed by atoms with Crippen LogP contribution in [0.25, 0.3) is 0 Å². The van der Waals surface area contributed by atoms with Crippen LogP contribution in [-0.2, 0) is 4.79 Å². The number of carbonyl (C=O) groups is 1. The van der Waals surface area contributed by atoms with Crippen LogP contribution in [0.4, 0.5) is 17.6 Å². The van der Waals surface area contributed by atoms with Crippen molar-refractivity contribution in [3.05, 3.63) is 35.9 Å². The number of hydrogen-bond acceptors (Lipinski definition) is 1. The molecule has 0 saturated heterocycles. The van der Waals surface area contributed by atoms with Gasteiger partial charge in [-0.25, -0.2) is 8.78 Å². The molecule has 0 saturated carbocycles. The molecule has 0 aliphatic carbocycles. The van der Waals surface area contributed by atoms with E-state index in [9.17, 15) is 22.4 Å². The molecule has 1 unspecified atom stereocenters. The number of amides is 1. The fraction of sp³-hybridized carbons (Fsp3) is 0.417. The van der Waals surface area contributed by atoms with Crippen LogP contribution < -0.4 is 5.32 Å². The molecular formula is C12H13F4NO. The molecule has 0 spiro atoms. The highest BCUT2D eigenvalue weighted by Crippen LogP contribution is 2.22. The Hall–Kier alpha value is -1.59. The molecule has 2 nitrogen and oxygen atoms in total. The summed E-state index contributed by atoms with van der Waals surface area (Å²) in [4.78, 5) is 11.5. The quantitative estimate of drug-likeness (QED) is 0.813. The summed E-state index contributed by atoms with van der Waals surface area (Å²) in [5, 5.41) is 1.83. The van der Waals surface area contributed by atoms with Crippen LogP contribution in [0, 0.1) is 0 Å². The predicted molar refractivity (Wildman–Crippen MR) is 58.8 cm³/mol. The molecule has 0 radical (unpaired) electrons. The minimum absolute atomic E-state index is 0.635. The summed E-state index contributed by atoms with van der Waals surface area (Å²) >= 11 is 0. The SMILES string of the molecule is CC(C(=O)NCC(F)(F)C(F)F)c1ccccc1. The average Bonchev–Trinajstić information content (AvgIpc) is 2.36. The van der Waals surface area contributed by atoms with Crippen LogP contribution >= 0.6 is 0 Å². The third-order valence-electron chi connectivity index (χ3n) is 2.51. The Morgan fingerprint density at radius 3 is 2.33 bits per heavy atom. The first kappa shape index (κ1) is 14.5. The van der Waals surface area contributed by atoms with E-state index in [-0.39, 0.29) is 0 Å². The Labute approximate surface area is 102 Å². The van der Waals surface area contributed by atoms with Crippen molar-refractivity contribution in [1.82, 2.24) is 5.32 Å². The third kappa shape index (κ3) is 3.72. The second-order valence-electron chi connectivity index (χ2n) is 3.91. The van der Waals surface area contributed by atoms with Gasteiger partial charge in [0.1, 0.15) is 0 Å². The van der Waals surface area contributed by atoms with Crippen LogP contribution in [0.5, 0.6) is 0 Å². The smallest absolute Gasteiger partial charge is 0.324 e. The van der Waals surface area contributed by atoms with Crippen LogP contribution in [0.2, 0.25) is 0 Å². The van der Waals surface area contributed by atoms with Gasteiger partial charge >= 0.3 is 12.3 Å². The minimum Gasteiger partial charge on any atom is -0.349 e. The first-order valence-corrected chi connectivity index (χ1v) is 5.33. The van der Waals surface area contributed by atoms with E-state index in [1.807, 2.05) is 5.32 Å². The molecule has 6 heteroatoms. The largest absolute Gasteiger partial charge is 0.349 e. The van der Waals surface area contributed by atoms with Gasteiger partial charge in [0.25, 0.3) is 0 Å². The van der Waals surface area contributed by atoms with E-state index in [0.29, 0.717) is 5.56 Å². The Kier molecular flexibility index (Phi) is 4.69. The summed E-state index contributed by atoms with van der Waals surface area (Å²) in [6.45, 7) is 0.159. The van der Waals surface area contributed by atoms with Gasteiger partial charge in [0.15, 0.2) is 0 Å². The van der Waals surface area contributed by atoms with Gasteiger partial charge in [-0.05, 0) is 12.5 Å². The molecule has 0 bridgehead atoms. The van der Waals surface area contributed by atoms with E-state index in [1.54, 1.807) is 30.3 Å². The van der Waals surface area contributed by atoms with Crippen LogP contribution in [0.15, 0.2) is 30.3 Å². The van der Waals surface area contributed by atoms with Crippen molar-refractivity contribution in [3.63, 3.8) is 0 Å². The molecule has 1 amide bonds. The zero-order valence-electron chi connectivity index (χ0n) is 9.67. The van der Waals surface area contributed by atoms with Crippen molar-refractivity contribution >= 4 is 5.91 Å². The van der Waals surface area contributed by atoms with E-state index in [4.69, 9.17) is 0 Å². The normalized spacial score (nSPS) is 13.4. The average molecular weight is 263 g/mol. The van der Waals surface area contributed by atoms with Gasteiger partial charge in [0, 0.05) is 0 Å². The van der Waals surface area contributed by atoms with Gasteiger partial charge < -0.3 is 5.32 Å². The maximum absolute atomic E-state index is 12.6. The fourth-order valence-electron chi connectivity index (χ4n) is 1.33. The maximum atomic E-state index is 12.6. The van der Waals surface area contributed by atoms with Crippen molar-refractivity contribution in [2.45, 2.75) is 25.2 Å². The van der Waals surface area contributed by atoms with Crippen molar-refractivity contribution in [1.29, 1.82) is 0 Å². The lowest BCUT2D eigenvalue weighted by Gasteiger charge is -2.18. The first-order chi connectivity index (χ1) is 8.34. The molecule has 1 aromatic carbocycles. The second kappa shape index (κ2) is 5.84. The van der Waals surface area contributed by atoms with E-state index in [0.717, 1.165) is 0 Å². The Balaban J connectivity index is 2.57. The molecule has 1 N–H and O–H groups in total. The topological polar surface area (TPSA) is 29.1 Å². The summed E-state index contributed by atoms with van der Waals surface area (Å²) in [7, 11) is 0. The number of benzene rings is 1. The Morgan fingerprint density at radius 1 is 1.28 bits per heavy atom. The zero-order chi connectivity index (χ0) is 13.8. The Bertz CT molecular complexity index is 394. The zero-order valence-corrected chi connectivity index (χ0v) is 9.67. The van der Waals surface area contributed by atoms with Crippen molar-refractivity contribution in [2.24, 2.45) is 0 Å². The van der Waals surface area contributed by atoms with Crippen LogP contribution in [0.1, 0.15) is 18.4 Å². The lowest BCUT2D eigenvalue weighted by atomic mass is 10.0. The van der Waals surface area contributed by atoms with Gasteiger partial charge in [-0.2, -0.15) is 8.78 Å². The van der Waals surface area contributed by atoms with Gasteiger partial charge in [-0.3, -0.25) is 4.79 Å². The van der Waals surface area contributed by atoms with Gasteiger partial charge in [0.2, 0.25) is 5.91 Å². The molecule has 0 heterocycles. The maximum Gasteiger partial charge on any atom is 0.324 e. The fourth-order valence-corrected chi connectivity index (χ4v) is 1.33. The summed E-state index contributed by atoms with van der Waals surface area (Å²) in [6.07, 6.45) is -3.79. The molecular weight excluding hydrogens is 250 g/mol. The molecule has 1 atom stereocenters. The van der Waals surface area contributed by atoms with Crippen LogP contribution in [-0.4, -0.2) is 24.8 Å². The molecule has 100 valence electrons. The number of carbonyl (C=O) groups excluding carboxylic acids is 1. The van der Waals surface area contributed by atoms with Crippen molar-refractivity contribution in [3.8, 4) is 0 Å². The van der Waals surface area contributed by atoms with E-state index in [1.165, 1.54) is 6.92 Å². The number of halogens is 4. The highest BCUT2D eigenvalue weighted by molar-refractivity contribution is 5.83. The van der Waals surface area contributed by atoms with Gasteiger partial charge in [-0.15, -0.1) is 0 Å². The van der Waals surface area contributed by atoms with Crippen molar-refractivity contribution < 1.29 is 22.4 Å². The summed E-state index contributed by atoms with van der Waals surface area (Å²) in [6, 6.07) is 8.48. The highest BCUT2D eigenvalue weighted by atomic mass is 19.3. The summed E-state index contributed by atoms with van der Waals surface area (Å²) < 4.78 is 49.0. The molecule has 0 aromatic heterocycles. The molecule has 18 heavy (non-hydrogen) atoms. The predicted octanol–water partition coefficient (Wildman–Crippen LogP) is 2.81. The summed E-state index contributed by atoms with van der Waals surface area (Å²) in [5.41, 5.74) is 0.635. The number of hydrogen-bond donors (Lipinski definition) is 1. The van der Waals surface area contributed by atoms with Gasteiger partial charge in [0.05, 0.1) is 12.5 Å². The molecule has 0 aliphatic heterocycles. The third-order valence-corrected chi connectivity index (χ3v) is 2.51. The minimum atomic E-state index is -4.20. The van der Waals surface area contributed by atoms with E-state index < -0.39 is 30.7 Å². The Morgan fingerprint density at radius 2 is 1.83 bits per heavy atom. The monoisotopic (exact) mass is 263 g/mol. The van der Waals surface area contributed by atoms with Crippen LogP contribution in [0.3, 0.4) is 0 Å². The van der Waals surface area contributed by atoms with Crippen molar-refractivity contribution in [2.75, 3.05) is 6.54 Å². The standard InChI is InChI=1S/C12H13F4NO/c1-8(9-5-3-2-4-6-9)10(18)17-7-12(15,16)11(13)14/h2-6,8,11H,7H2,1H3,(H,17,18). The number of nitrogens with one attached hydrogen (secondary N) is 1. The lowest BCUT2D eigenvalue weighted by Crippen LogP contribution is -2.42. The molecule has 1 rings (SSSR count).